The van der Waals surface area contributed by atoms with E-state index in [4.69, 9.17) is 4.74 Å². The molecule has 0 radical (unpaired) electrons. The molecule has 0 N–H and O–H groups in total. The molecule has 0 fully saturated rings. The number of ether oxygens (including phenoxy) is 2. The quantitative estimate of drug-likeness (QED) is 0.593. The number of carbonyl (C=O) groups excluding carboxylic acids is 2. The van der Waals surface area contributed by atoms with Crippen molar-refractivity contribution in [3.63, 3.8) is 0 Å². The molecule has 0 aliphatic rings. The monoisotopic (exact) mass is 236 g/mol. The van der Waals surface area contributed by atoms with Gasteiger partial charge in [0.15, 0.2) is 11.9 Å². The van der Waals surface area contributed by atoms with E-state index in [1.807, 2.05) is 13.0 Å². The molecule has 92 valence electrons. The first-order valence-corrected chi connectivity index (χ1v) is 5.31. The third-order valence-corrected chi connectivity index (χ3v) is 2.35. The molecule has 0 aliphatic heterocycles. The fourth-order valence-corrected chi connectivity index (χ4v) is 1.43. The number of ketones is 1. The Hall–Kier alpha value is -1.84. The van der Waals surface area contributed by atoms with Crippen LogP contribution in [0.5, 0.6) is 5.75 Å². The number of aryl methyl sites for hydroxylation is 1. The van der Waals surface area contributed by atoms with Crippen LogP contribution >= 0.6 is 0 Å². The summed E-state index contributed by atoms with van der Waals surface area (Å²) >= 11 is 0. The maximum Gasteiger partial charge on any atom is 0.346 e. The Morgan fingerprint density at radius 1 is 1.29 bits per heavy atom. The lowest BCUT2D eigenvalue weighted by Gasteiger charge is -2.15. The highest BCUT2D eigenvalue weighted by Crippen LogP contribution is 2.22. The van der Waals surface area contributed by atoms with E-state index in [2.05, 4.69) is 4.74 Å². The van der Waals surface area contributed by atoms with Crippen molar-refractivity contribution in [2.24, 2.45) is 0 Å². The van der Waals surface area contributed by atoms with E-state index in [-0.39, 0.29) is 5.78 Å². The summed E-state index contributed by atoms with van der Waals surface area (Å²) in [6.45, 7) is 4.93. The topological polar surface area (TPSA) is 52.6 Å². The molecular weight excluding hydrogens is 220 g/mol. The van der Waals surface area contributed by atoms with Gasteiger partial charge >= 0.3 is 5.97 Å². The minimum absolute atomic E-state index is 0.0965. The first-order valence-electron chi connectivity index (χ1n) is 5.31. The van der Waals surface area contributed by atoms with Crippen LogP contribution in [0.15, 0.2) is 18.2 Å². The van der Waals surface area contributed by atoms with Crippen LogP contribution < -0.4 is 4.74 Å². The van der Waals surface area contributed by atoms with E-state index in [1.54, 1.807) is 19.1 Å². The number of esters is 1. The average Bonchev–Trinajstić information content (AvgIpc) is 2.29. The van der Waals surface area contributed by atoms with Crippen molar-refractivity contribution in [2.45, 2.75) is 26.9 Å². The Bertz CT molecular complexity index is 437. The average molecular weight is 236 g/mol. The minimum Gasteiger partial charge on any atom is -0.478 e. The number of benzene rings is 1. The predicted octanol–water partition coefficient (Wildman–Crippen LogP) is 2.14. The molecule has 0 aliphatic carbocycles. The lowest BCUT2D eigenvalue weighted by atomic mass is 10.1. The molecule has 1 aromatic carbocycles. The molecule has 0 aromatic heterocycles. The van der Waals surface area contributed by atoms with E-state index in [0.29, 0.717) is 11.3 Å². The fourth-order valence-electron chi connectivity index (χ4n) is 1.43. The summed E-state index contributed by atoms with van der Waals surface area (Å²) in [5, 5.41) is 0. The molecule has 0 bridgehead atoms. The van der Waals surface area contributed by atoms with E-state index in [0.717, 1.165) is 5.56 Å². The molecule has 1 aromatic rings. The number of carbonyl (C=O) groups is 2. The molecular formula is C13H16O4. The van der Waals surface area contributed by atoms with E-state index >= 15 is 0 Å². The molecule has 1 unspecified atom stereocenters. The molecule has 4 heteroatoms. The number of hydrogen-bond acceptors (Lipinski definition) is 4. The third-order valence-electron chi connectivity index (χ3n) is 2.35. The van der Waals surface area contributed by atoms with Crippen LogP contribution in [0.3, 0.4) is 0 Å². The van der Waals surface area contributed by atoms with Crippen LogP contribution in [0.1, 0.15) is 29.8 Å². The SMILES string of the molecule is COC(=O)C(C)Oc1ccc(C)cc1C(C)=O. The van der Waals surface area contributed by atoms with Gasteiger partial charge in [-0.1, -0.05) is 11.6 Å². The molecule has 1 atom stereocenters. The summed E-state index contributed by atoms with van der Waals surface area (Å²) < 4.78 is 9.98. The van der Waals surface area contributed by atoms with Crippen LogP contribution in [0, 0.1) is 6.92 Å². The molecule has 0 saturated carbocycles. The van der Waals surface area contributed by atoms with Gasteiger partial charge in [0.2, 0.25) is 0 Å². The van der Waals surface area contributed by atoms with Crippen molar-refractivity contribution < 1.29 is 19.1 Å². The van der Waals surface area contributed by atoms with Crippen LogP contribution in [0.2, 0.25) is 0 Å². The van der Waals surface area contributed by atoms with Crippen molar-refractivity contribution in [1.29, 1.82) is 0 Å². The van der Waals surface area contributed by atoms with Crippen molar-refractivity contribution in [3.05, 3.63) is 29.3 Å². The van der Waals surface area contributed by atoms with Crippen molar-refractivity contribution >= 4 is 11.8 Å². The van der Waals surface area contributed by atoms with Gasteiger partial charge < -0.3 is 9.47 Å². The Balaban J connectivity index is 2.98. The molecule has 0 heterocycles. The second-order valence-corrected chi connectivity index (χ2v) is 3.84. The van der Waals surface area contributed by atoms with Crippen molar-refractivity contribution in [3.8, 4) is 5.75 Å². The summed E-state index contributed by atoms with van der Waals surface area (Å²) in [4.78, 5) is 22.7. The summed E-state index contributed by atoms with van der Waals surface area (Å²) in [7, 11) is 1.29. The molecule has 0 spiro atoms. The van der Waals surface area contributed by atoms with Gasteiger partial charge in [-0.2, -0.15) is 0 Å². The first-order chi connectivity index (χ1) is 7.95. The molecule has 4 nitrogen and oxygen atoms in total. The zero-order chi connectivity index (χ0) is 13.0. The highest BCUT2D eigenvalue weighted by molar-refractivity contribution is 5.97. The Labute approximate surface area is 101 Å². The number of hydrogen-bond donors (Lipinski definition) is 0. The van der Waals surface area contributed by atoms with E-state index in [9.17, 15) is 9.59 Å². The predicted molar refractivity (Wildman–Crippen MR) is 63.3 cm³/mol. The van der Waals surface area contributed by atoms with Gasteiger partial charge in [-0.3, -0.25) is 4.79 Å². The molecule has 17 heavy (non-hydrogen) atoms. The lowest BCUT2D eigenvalue weighted by Crippen LogP contribution is -2.25. The normalized spacial score (nSPS) is 11.8. The summed E-state index contributed by atoms with van der Waals surface area (Å²) in [6, 6.07) is 5.25. The Morgan fingerprint density at radius 2 is 1.94 bits per heavy atom. The first kappa shape index (κ1) is 13.2. The maximum absolute atomic E-state index is 11.4. The van der Waals surface area contributed by atoms with Gasteiger partial charge in [-0.15, -0.1) is 0 Å². The lowest BCUT2D eigenvalue weighted by molar-refractivity contribution is -0.147. The number of Topliss-reactive ketones (excluding diaryl/α,β-unsaturated/α-hetero) is 1. The van der Waals surface area contributed by atoms with E-state index < -0.39 is 12.1 Å². The largest absolute Gasteiger partial charge is 0.478 e. The fraction of sp³-hybridized carbons (Fsp3) is 0.385. The van der Waals surface area contributed by atoms with Gasteiger partial charge in [0, 0.05) is 0 Å². The third kappa shape index (κ3) is 3.31. The highest BCUT2D eigenvalue weighted by atomic mass is 16.6. The van der Waals surface area contributed by atoms with Gasteiger partial charge in [0.1, 0.15) is 5.75 Å². The van der Waals surface area contributed by atoms with Crippen LogP contribution in [-0.4, -0.2) is 25.0 Å². The zero-order valence-corrected chi connectivity index (χ0v) is 10.4. The summed E-state index contributed by atoms with van der Waals surface area (Å²) in [5.74, 6) is -0.165. The minimum atomic E-state index is -0.735. The van der Waals surface area contributed by atoms with E-state index in [1.165, 1.54) is 14.0 Å². The number of methoxy groups -OCH3 is 1. The Morgan fingerprint density at radius 3 is 2.47 bits per heavy atom. The summed E-state index contributed by atoms with van der Waals surface area (Å²) in [6.07, 6.45) is -0.735. The number of rotatable bonds is 4. The summed E-state index contributed by atoms with van der Waals surface area (Å²) in [5.41, 5.74) is 1.44. The molecule has 1 rings (SSSR count). The van der Waals surface area contributed by atoms with Crippen LogP contribution in [-0.2, 0) is 9.53 Å². The van der Waals surface area contributed by atoms with Gasteiger partial charge in [-0.05, 0) is 32.9 Å². The van der Waals surface area contributed by atoms with Crippen LogP contribution in [0.25, 0.3) is 0 Å². The van der Waals surface area contributed by atoms with Gasteiger partial charge in [-0.25, -0.2) is 4.79 Å². The van der Waals surface area contributed by atoms with Gasteiger partial charge in [0.05, 0.1) is 12.7 Å². The Kier molecular flexibility index (Phi) is 4.26. The smallest absolute Gasteiger partial charge is 0.346 e. The van der Waals surface area contributed by atoms with Crippen LogP contribution in [0.4, 0.5) is 0 Å². The standard InChI is InChI=1S/C13H16O4/c1-8-5-6-12(11(7-8)9(2)14)17-10(3)13(15)16-4/h5-7,10H,1-4H3. The second kappa shape index (κ2) is 5.48. The van der Waals surface area contributed by atoms with Gasteiger partial charge in [0.25, 0.3) is 0 Å². The van der Waals surface area contributed by atoms with Crippen molar-refractivity contribution in [1.82, 2.24) is 0 Å². The zero-order valence-electron chi connectivity index (χ0n) is 10.4. The molecule has 0 saturated heterocycles. The second-order valence-electron chi connectivity index (χ2n) is 3.84. The van der Waals surface area contributed by atoms with Crippen molar-refractivity contribution in [2.75, 3.05) is 7.11 Å². The highest BCUT2D eigenvalue weighted by Gasteiger charge is 2.17. The maximum atomic E-state index is 11.4. The molecule has 0 amide bonds.